The van der Waals surface area contributed by atoms with Gasteiger partial charge in [0, 0.05) is 45.3 Å². The molecular formula is C16H25N3O2S. The molecule has 1 aromatic carbocycles. The van der Waals surface area contributed by atoms with Gasteiger partial charge in [0.05, 0.1) is 5.75 Å². The van der Waals surface area contributed by atoms with Crippen molar-refractivity contribution in [2.75, 3.05) is 39.3 Å². The standard InChI is InChI=1S/C16H25N3O2S/c1-14-3-2-4-15(11-14)13-22(20,21)19-8-5-16(12-19)18-9-6-17-7-10-18/h2-4,11,16-17H,5-10,12-13H2,1H3. The third-order valence-corrected chi connectivity index (χ3v) is 6.44. The van der Waals surface area contributed by atoms with E-state index in [1.165, 1.54) is 0 Å². The van der Waals surface area contributed by atoms with Crippen molar-refractivity contribution in [1.82, 2.24) is 14.5 Å². The third kappa shape index (κ3) is 3.68. The summed E-state index contributed by atoms with van der Waals surface area (Å²) in [6.45, 7) is 7.36. The molecule has 1 unspecified atom stereocenters. The smallest absolute Gasteiger partial charge is 0.218 e. The highest BCUT2D eigenvalue weighted by molar-refractivity contribution is 7.88. The van der Waals surface area contributed by atoms with E-state index in [0.717, 1.165) is 43.7 Å². The van der Waals surface area contributed by atoms with Gasteiger partial charge in [-0.15, -0.1) is 0 Å². The molecule has 2 fully saturated rings. The van der Waals surface area contributed by atoms with Crippen LogP contribution in [-0.2, 0) is 15.8 Å². The Morgan fingerprint density at radius 3 is 2.73 bits per heavy atom. The summed E-state index contributed by atoms with van der Waals surface area (Å²) < 4.78 is 27.0. The molecule has 1 atom stereocenters. The number of benzene rings is 1. The molecule has 2 saturated heterocycles. The molecule has 2 aliphatic heterocycles. The van der Waals surface area contributed by atoms with E-state index in [9.17, 15) is 8.42 Å². The maximum atomic E-state index is 12.6. The SMILES string of the molecule is Cc1cccc(CS(=O)(=O)N2CCC(N3CCNCC3)C2)c1. The van der Waals surface area contributed by atoms with Crippen LogP contribution in [0, 0.1) is 6.92 Å². The molecule has 0 aliphatic carbocycles. The Balaban J connectivity index is 1.63. The van der Waals surface area contributed by atoms with Crippen LogP contribution in [-0.4, -0.2) is 62.9 Å². The minimum Gasteiger partial charge on any atom is -0.314 e. The lowest BCUT2D eigenvalue weighted by molar-refractivity contribution is 0.179. The molecule has 0 aromatic heterocycles. The Hall–Kier alpha value is -0.950. The molecule has 6 heteroatoms. The van der Waals surface area contributed by atoms with E-state index in [0.29, 0.717) is 19.1 Å². The van der Waals surface area contributed by atoms with Crippen LogP contribution in [0.25, 0.3) is 0 Å². The summed E-state index contributed by atoms with van der Waals surface area (Å²) in [5, 5.41) is 3.34. The molecule has 5 nitrogen and oxygen atoms in total. The van der Waals surface area contributed by atoms with Gasteiger partial charge in [0.2, 0.25) is 10.0 Å². The zero-order chi connectivity index (χ0) is 15.6. The summed E-state index contributed by atoms with van der Waals surface area (Å²) in [4.78, 5) is 2.43. The lowest BCUT2D eigenvalue weighted by atomic mass is 10.2. The van der Waals surface area contributed by atoms with Gasteiger partial charge in [-0.2, -0.15) is 0 Å². The van der Waals surface area contributed by atoms with E-state index < -0.39 is 10.0 Å². The van der Waals surface area contributed by atoms with Crippen molar-refractivity contribution >= 4 is 10.0 Å². The summed E-state index contributed by atoms with van der Waals surface area (Å²) >= 11 is 0. The first-order valence-corrected chi connectivity index (χ1v) is 9.64. The summed E-state index contributed by atoms with van der Waals surface area (Å²) in [6.07, 6.45) is 0.951. The van der Waals surface area contributed by atoms with E-state index in [1.54, 1.807) is 4.31 Å². The second kappa shape index (κ2) is 6.66. The predicted molar refractivity (Wildman–Crippen MR) is 88.2 cm³/mol. The average Bonchev–Trinajstić information content (AvgIpc) is 2.98. The molecule has 2 aliphatic rings. The Morgan fingerprint density at radius 1 is 1.23 bits per heavy atom. The molecule has 3 rings (SSSR count). The Bertz CT molecular complexity index is 612. The number of hydrogen-bond donors (Lipinski definition) is 1. The van der Waals surface area contributed by atoms with Crippen molar-refractivity contribution in [3.63, 3.8) is 0 Å². The number of nitrogens with zero attached hydrogens (tertiary/aromatic N) is 2. The van der Waals surface area contributed by atoms with Crippen LogP contribution >= 0.6 is 0 Å². The van der Waals surface area contributed by atoms with Gasteiger partial charge in [-0.3, -0.25) is 4.90 Å². The van der Waals surface area contributed by atoms with Crippen molar-refractivity contribution in [2.45, 2.75) is 25.1 Å². The van der Waals surface area contributed by atoms with E-state index in [1.807, 2.05) is 31.2 Å². The van der Waals surface area contributed by atoms with Crippen LogP contribution < -0.4 is 5.32 Å². The van der Waals surface area contributed by atoms with E-state index in [4.69, 9.17) is 0 Å². The van der Waals surface area contributed by atoms with Gasteiger partial charge in [0.25, 0.3) is 0 Å². The topological polar surface area (TPSA) is 52.7 Å². The highest BCUT2D eigenvalue weighted by atomic mass is 32.2. The Morgan fingerprint density at radius 2 is 2.00 bits per heavy atom. The molecular weight excluding hydrogens is 298 g/mol. The highest BCUT2D eigenvalue weighted by Gasteiger charge is 2.34. The van der Waals surface area contributed by atoms with Crippen molar-refractivity contribution in [2.24, 2.45) is 0 Å². The van der Waals surface area contributed by atoms with Crippen LogP contribution in [0.2, 0.25) is 0 Å². The van der Waals surface area contributed by atoms with Gasteiger partial charge < -0.3 is 5.32 Å². The second-order valence-corrected chi connectivity index (χ2v) is 8.30. The van der Waals surface area contributed by atoms with Crippen molar-refractivity contribution in [1.29, 1.82) is 0 Å². The first-order chi connectivity index (χ1) is 10.5. The fourth-order valence-corrected chi connectivity index (χ4v) is 4.98. The zero-order valence-corrected chi connectivity index (χ0v) is 14.0. The van der Waals surface area contributed by atoms with E-state index >= 15 is 0 Å². The molecule has 2 heterocycles. The molecule has 122 valence electrons. The van der Waals surface area contributed by atoms with E-state index in [-0.39, 0.29) is 5.75 Å². The number of hydrogen-bond acceptors (Lipinski definition) is 4. The van der Waals surface area contributed by atoms with Crippen molar-refractivity contribution in [3.8, 4) is 0 Å². The van der Waals surface area contributed by atoms with Gasteiger partial charge in [-0.25, -0.2) is 12.7 Å². The highest BCUT2D eigenvalue weighted by Crippen LogP contribution is 2.21. The Labute approximate surface area is 133 Å². The molecule has 0 radical (unpaired) electrons. The second-order valence-electron chi connectivity index (χ2n) is 6.33. The zero-order valence-electron chi connectivity index (χ0n) is 13.2. The summed E-state index contributed by atoms with van der Waals surface area (Å²) in [7, 11) is -3.21. The minimum atomic E-state index is -3.21. The Kier molecular flexibility index (Phi) is 4.82. The monoisotopic (exact) mass is 323 g/mol. The molecule has 0 amide bonds. The predicted octanol–water partition coefficient (Wildman–Crippen LogP) is 0.804. The maximum Gasteiger partial charge on any atom is 0.218 e. The van der Waals surface area contributed by atoms with Crippen LogP contribution in [0.3, 0.4) is 0 Å². The summed E-state index contributed by atoms with van der Waals surface area (Å²) in [6, 6.07) is 8.16. The van der Waals surface area contributed by atoms with Gasteiger partial charge in [0.1, 0.15) is 0 Å². The number of nitrogens with one attached hydrogen (secondary N) is 1. The minimum absolute atomic E-state index is 0.114. The average molecular weight is 323 g/mol. The number of aryl methyl sites for hydroxylation is 1. The largest absolute Gasteiger partial charge is 0.314 e. The fraction of sp³-hybridized carbons (Fsp3) is 0.625. The first kappa shape index (κ1) is 15.9. The fourth-order valence-electron chi connectivity index (χ4n) is 3.41. The molecule has 0 bridgehead atoms. The van der Waals surface area contributed by atoms with Crippen LogP contribution in [0.15, 0.2) is 24.3 Å². The summed E-state index contributed by atoms with van der Waals surface area (Å²) in [5.41, 5.74) is 1.98. The van der Waals surface area contributed by atoms with Crippen LogP contribution in [0.5, 0.6) is 0 Å². The first-order valence-electron chi connectivity index (χ1n) is 8.03. The lowest BCUT2D eigenvalue weighted by Gasteiger charge is -2.32. The van der Waals surface area contributed by atoms with E-state index in [2.05, 4.69) is 10.2 Å². The van der Waals surface area contributed by atoms with Crippen LogP contribution in [0.4, 0.5) is 0 Å². The van der Waals surface area contributed by atoms with Gasteiger partial charge >= 0.3 is 0 Å². The van der Waals surface area contributed by atoms with Gasteiger partial charge in [-0.05, 0) is 18.9 Å². The molecule has 22 heavy (non-hydrogen) atoms. The number of sulfonamides is 1. The van der Waals surface area contributed by atoms with Crippen molar-refractivity contribution in [3.05, 3.63) is 35.4 Å². The van der Waals surface area contributed by atoms with Gasteiger partial charge in [0.15, 0.2) is 0 Å². The normalized spacial score (nSPS) is 24.7. The lowest BCUT2D eigenvalue weighted by Crippen LogP contribution is -2.49. The quantitative estimate of drug-likeness (QED) is 0.891. The number of rotatable bonds is 4. The maximum absolute atomic E-state index is 12.6. The molecule has 0 saturated carbocycles. The number of piperazine rings is 1. The molecule has 0 spiro atoms. The summed E-state index contributed by atoms with van der Waals surface area (Å²) in [5.74, 6) is 0.114. The molecule has 1 N–H and O–H groups in total. The van der Waals surface area contributed by atoms with Crippen molar-refractivity contribution < 1.29 is 8.42 Å². The molecule has 1 aromatic rings. The third-order valence-electron chi connectivity index (χ3n) is 4.62. The van der Waals surface area contributed by atoms with Gasteiger partial charge in [-0.1, -0.05) is 29.8 Å². The van der Waals surface area contributed by atoms with Crippen LogP contribution in [0.1, 0.15) is 17.5 Å².